The quantitative estimate of drug-likeness (QED) is 0.120. The van der Waals surface area contributed by atoms with E-state index in [1.807, 2.05) is 76.1 Å². The summed E-state index contributed by atoms with van der Waals surface area (Å²) < 4.78 is 0. The normalized spacial score (nSPS) is 35.2. The predicted molar refractivity (Wildman–Crippen MR) is 316 cm³/mol. The van der Waals surface area contributed by atoms with Gasteiger partial charge in [0.15, 0.2) is 0 Å². The highest BCUT2D eigenvalue weighted by Gasteiger charge is 2.60. The van der Waals surface area contributed by atoms with Gasteiger partial charge in [-0.2, -0.15) is 0 Å². The summed E-state index contributed by atoms with van der Waals surface area (Å²) >= 11 is 0. The second kappa shape index (κ2) is 22.7. The number of nitrogens with one attached hydrogen (secondary N) is 5. The van der Waals surface area contributed by atoms with Crippen LogP contribution in [0.25, 0.3) is 0 Å². The first kappa shape index (κ1) is 57.7. The fourth-order valence-electron chi connectivity index (χ4n) is 17.1. The Kier molecular flexibility index (Phi) is 16.4. The van der Waals surface area contributed by atoms with E-state index in [-0.39, 0.29) is 89.1 Å². The Morgan fingerprint density at radius 3 is 1.46 bits per heavy atom. The Bertz CT molecular complexity index is 2910. The largest absolute Gasteiger partial charge is 0.367 e. The molecule has 0 bridgehead atoms. The van der Waals surface area contributed by atoms with Crippen LogP contribution in [-0.4, -0.2) is 153 Å². The van der Waals surface area contributed by atoms with Gasteiger partial charge in [-0.3, -0.25) is 59.0 Å². The van der Waals surface area contributed by atoms with Gasteiger partial charge < -0.3 is 21.3 Å². The number of carbonyl (C=O) groups excluding carboxylic acids is 4. The molecule has 80 heavy (non-hydrogen) atoms. The Hall–Kier alpha value is -5.49. The summed E-state index contributed by atoms with van der Waals surface area (Å²) in [6, 6.07) is 23.5. The number of nitrogens with zero attached hydrogens (tertiary/aromatic N) is 7. The number of Topliss-reactive ketones (excluding diaryl/α,β-unsaturated/α-hetero) is 4. The molecule has 13 rings (SSSR count). The predicted octanol–water partition coefficient (Wildman–Crippen LogP) is 8.01. The number of anilines is 3. The maximum atomic E-state index is 12.3. The van der Waals surface area contributed by atoms with E-state index in [2.05, 4.69) is 147 Å². The molecule has 0 radical (unpaired) electrons. The fourth-order valence-corrected chi connectivity index (χ4v) is 17.1. The van der Waals surface area contributed by atoms with Gasteiger partial charge in [-0.25, -0.2) is 0 Å². The van der Waals surface area contributed by atoms with E-state index in [0.29, 0.717) is 59.5 Å². The van der Waals surface area contributed by atoms with Gasteiger partial charge in [0.05, 0.1) is 83.0 Å². The van der Waals surface area contributed by atoms with E-state index >= 15 is 0 Å². The third-order valence-electron chi connectivity index (χ3n) is 20.0. The van der Waals surface area contributed by atoms with Crippen molar-refractivity contribution in [3.05, 3.63) is 108 Å². The molecule has 0 spiro atoms. The molecule has 18 unspecified atom stereocenters. The number of benzene rings is 1. The molecule has 5 N–H and O–H groups in total. The van der Waals surface area contributed by atoms with Gasteiger partial charge in [-0.1, -0.05) is 78.8 Å². The molecule has 0 aliphatic carbocycles. The highest BCUT2D eigenvalue weighted by molar-refractivity contribution is 5.85. The molecule has 12 heterocycles. The molecule has 430 valence electrons. The van der Waals surface area contributed by atoms with Crippen LogP contribution in [0.4, 0.5) is 17.1 Å². The average molecular weight is 1090 g/mol. The van der Waals surface area contributed by atoms with E-state index in [4.69, 9.17) is 0 Å². The zero-order valence-electron chi connectivity index (χ0n) is 50.0. The number of hydrogen-bond acceptors (Lipinski definition) is 16. The minimum absolute atomic E-state index is 0.00217. The Labute approximate surface area is 475 Å². The van der Waals surface area contributed by atoms with Crippen LogP contribution in [0.1, 0.15) is 135 Å². The lowest BCUT2D eigenvalue weighted by molar-refractivity contribution is -0.124. The van der Waals surface area contributed by atoms with E-state index in [1.165, 1.54) is 18.4 Å². The van der Waals surface area contributed by atoms with Gasteiger partial charge in [0, 0.05) is 60.3 Å². The second-order valence-corrected chi connectivity index (χ2v) is 26.4. The highest BCUT2D eigenvalue weighted by atomic mass is 16.1. The molecule has 4 aromatic rings. The Morgan fingerprint density at radius 1 is 0.525 bits per heavy atom. The molecule has 9 aliphatic heterocycles. The van der Waals surface area contributed by atoms with Gasteiger partial charge in [0.25, 0.3) is 0 Å². The SMILES string of the molecule is CC(=O)C1C(C(C)(C)C)C2c3ncccc3NC2N1C.CC(=O)C1C(C(C)C)C2C3NCCCC3NC2N1C.CC(=O)C1C(C(C)C)C2c3ncccc3NC2N1C.CC(=O)C1C(c2ccccc2)C2c3ncccc3NC2N1C. The first-order chi connectivity index (χ1) is 38.0. The first-order valence-electron chi connectivity index (χ1n) is 29.6. The number of piperidine rings is 1. The lowest BCUT2D eigenvalue weighted by Crippen LogP contribution is -2.52. The monoisotopic (exact) mass is 1090 g/mol. The van der Waals surface area contributed by atoms with Gasteiger partial charge in [0.1, 0.15) is 23.1 Å². The summed E-state index contributed by atoms with van der Waals surface area (Å²) in [5.41, 5.74) is 7.93. The van der Waals surface area contributed by atoms with Crippen molar-refractivity contribution in [2.24, 2.45) is 40.9 Å². The summed E-state index contributed by atoms with van der Waals surface area (Å²) in [7, 11) is 8.25. The summed E-state index contributed by atoms with van der Waals surface area (Å²) in [5, 5.41) is 18.1. The van der Waals surface area contributed by atoms with Crippen molar-refractivity contribution < 1.29 is 19.2 Å². The number of hydrogen-bond donors (Lipinski definition) is 5. The zero-order chi connectivity index (χ0) is 57.4. The second-order valence-electron chi connectivity index (χ2n) is 26.4. The molecule has 9 aliphatic rings. The molecular weight excluding hydrogens is 1000 g/mol. The molecule has 0 saturated carbocycles. The molecule has 6 saturated heterocycles. The minimum Gasteiger partial charge on any atom is -0.367 e. The molecule has 0 amide bonds. The van der Waals surface area contributed by atoms with E-state index < -0.39 is 0 Å². The van der Waals surface area contributed by atoms with E-state index in [0.717, 1.165) is 40.7 Å². The van der Waals surface area contributed by atoms with Crippen molar-refractivity contribution in [3.8, 4) is 0 Å². The molecule has 1 aromatic carbocycles. The number of rotatable bonds is 7. The Morgan fingerprint density at radius 2 is 0.963 bits per heavy atom. The van der Waals surface area contributed by atoms with E-state index in [9.17, 15) is 19.2 Å². The number of ketones is 4. The fraction of sp³-hybridized carbons (Fsp3) is 0.609. The van der Waals surface area contributed by atoms with Crippen LogP contribution in [-0.2, 0) is 19.2 Å². The first-order valence-corrected chi connectivity index (χ1v) is 29.6. The van der Waals surface area contributed by atoms with Gasteiger partial charge in [0.2, 0.25) is 0 Å². The zero-order valence-corrected chi connectivity index (χ0v) is 50.0. The number of likely N-dealkylation sites (tertiary alicyclic amines) is 4. The van der Waals surface area contributed by atoms with Crippen molar-refractivity contribution in [2.75, 3.05) is 50.7 Å². The lowest BCUT2D eigenvalue weighted by Gasteiger charge is -2.35. The van der Waals surface area contributed by atoms with Crippen LogP contribution in [0, 0.1) is 40.9 Å². The van der Waals surface area contributed by atoms with Crippen molar-refractivity contribution in [1.82, 2.24) is 45.2 Å². The standard InChI is InChI=1S/C18H19N3O.C16H23N3O.C15H27N3O.C15H21N3O/c1-11(22)17-14(12-7-4-3-5-8-12)15-16-13(9-6-10-19-16)20-18(15)21(17)2;1-9(20)14-12(16(2,3)4)11-13-10(7-6-8-17-13)18-15(11)19(14)5;2*1-8(2)11-12-13-10(6-5-7-16-13)17-15(12)18(4)14(11)9(3)19/h3-10,14-15,17-18,20H,1-2H3;6-8,11-12,14-15,18H,1-5H3;8,10-17H,5-7H2,1-4H3;5-8,11-12,14-15,17H,1-4H3. The molecule has 16 nitrogen and oxygen atoms in total. The maximum absolute atomic E-state index is 12.3. The number of fused-ring (bicyclic) bond motifs is 12. The average Bonchev–Trinajstić information content (AvgIpc) is 4.41. The molecular formula is C64H90N12O4. The van der Waals surface area contributed by atoms with Crippen molar-refractivity contribution in [2.45, 2.75) is 174 Å². The molecule has 6 fully saturated rings. The van der Waals surface area contributed by atoms with Crippen LogP contribution < -0.4 is 26.6 Å². The summed E-state index contributed by atoms with van der Waals surface area (Å²) in [4.78, 5) is 71.2. The van der Waals surface area contributed by atoms with Crippen LogP contribution >= 0.6 is 0 Å². The number of pyridine rings is 3. The van der Waals surface area contributed by atoms with Gasteiger partial charge in [-0.05, 0) is 152 Å². The van der Waals surface area contributed by atoms with E-state index in [1.54, 1.807) is 27.7 Å². The molecule has 3 aromatic heterocycles. The van der Waals surface area contributed by atoms with Crippen molar-refractivity contribution in [1.29, 1.82) is 0 Å². The van der Waals surface area contributed by atoms with Gasteiger partial charge >= 0.3 is 0 Å². The molecule has 16 heteroatoms. The summed E-state index contributed by atoms with van der Waals surface area (Å²) in [6.45, 7) is 23.6. The number of aromatic nitrogens is 3. The van der Waals surface area contributed by atoms with Crippen LogP contribution in [0.15, 0.2) is 85.3 Å². The highest BCUT2D eigenvalue weighted by Crippen LogP contribution is 2.56. The summed E-state index contributed by atoms with van der Waals surface area (Å²) in [5.74, 6) is 4.65. The van der Waals surface area contributed by atoms with Crippen LogP contribution in [0.5, 0.6) is 0 Å². The smallest absolute Gasteiger partial charge is 0.147 e. The third kappa shape index (κ3) is 10.0. The maximum Gasteiger partial charge on any atom is 0.147 e. The minimum atomic E-state index is -0.111. The number of carbonyl (C=O) groups is 4. The van der Waals surface area contributed by atoms with Crippen molar-refractivity contribution in [3.63, 3.8) is 0 Å². The molecule has 18 atom stereocenters. The van der Waals surface area contributed by atoms with Crippen LogP contribution in [0.3, 0.4) is 0 Å². The van der Waals surface area contributed by atoms with Crippen molar-refractivity contribution >= 4 is 40.2 Å². The van der Waals surface area contributed by atoms with Crippen LogP contribution in [0.2, 0.25) is 0 Å². The lowest BCUT2D eigenvalue weighted by atomic mass is 9.69. The topological polar surface area (TPSA) is 180 Å². The number of likely N-dealkylation sites (N-methyl/N-ethyl adjacent to an activating group) is 4. The third-order valence-corrected chi connectivity index (χ3v) is 20.0. The summed E-state index contributed by atoms with van der Waals surface area (Å²) in [6.07, 6.45) is 8.96. The van der Waals surface area contributed by atoms with Gasteiger partial charge in [-0.15, -0.1) is 0 Å². The Balaban J connectivity index is 0.000000120.